The van der Waals surface area contributed by atoms with E-state index in [9.17, 15) is 23.5 Å². The van der Waals surface area contributed by atoms with Crippen molar-refractivity contribution in [3.63, 3.8) is 0 Å². The molecule has 0 fully saturated rings. The Morgan fingerprint density at radius 3 is 2.38 bits per heavy atom. The molecule has 0 bridgehead atoms. The molecule has 206 valence electrons. The predicted molar refractivity (Wildman–Crippen MR) is 146 cm³/mol. The number of hydrogen-bond acceptors (Lipinski definition) is 4. The number of amides is 2. The van der Waals surface area contributed by atoms with Crippen LogP contribution in [0.1, 0.15) is 53.4 Å². The summed E-state index contributed by atoms with van der Waals surface area (Å²) in [6.07, 6.45) is -0.162. The maximum absolute atomic E-state index is 13.9. The van der Waals surface area contributed by atoms with Crippen molar-refractivity contribution in [2.24, 2.45) is 0 Å². The third kappa shape index (κ3) is 6.69. The quantitative estimate of drug-likeness (QED) is 0.345. The second-order valence-electron chi connectivity index (χ2n) is 10.5. The summed E-state index contributed by atoms with van der Waals surface area (Å²) in [5, 5.41) is 17.2. The van der Waals surface area contributed by atoms with Gasteiger partial charge in [0.05, 0.1) is 12.1 Å². The molecule has 4 rings (SSSR count). The first-order chi connectivity index (χ1) is 18.6. The molecule has 6 nitrogen and oxygen atoms in total. The summed E-state index contributed by atoms with van der Waals surface area (Å²) >= 11 is 0. The zero-order valence-corrected chi connectivity index (χ0v) is 22.5. The van der Waals surface area contributed by atoms with E-state index >= 15 is 0 Å². The van der Waals surface area contributed by atoms with E-state index in [0.717, 1.165) is 23.6 Å². The van der Waals surface area contributed by atoms with Crippen LogP contribution in [0.3, 0.4) is 0 Å². The molecule has 1 aliphatic rings. The number of aliphatic hydroxyl groups is 1. The molecule has 3 aromatic rings. The van der Waals surface area contributed by atoms with Gasteiger partial charge in [0, 0.05) is 31.3 Å². The van der Waals surface area contributed by atoms with Crippen molar-refractivity contribution < 1.29 is 23.5 Å². The van der Waals surface area contributed by atoms with Gasteiger partial charge in [-0.1, -0.05) is 49.4 Å². The number of nitrogens with zero attached hydrogens (tertiary/aromatic N) is 1. The van der Waals surface area contributed by atoms with E-state index in [1.807, 2.05) is 30.3 Å². The van der Waals surface area contributed by atoms with Crippen LogP contribution in [0.2, 0.25) is 0 Å². The molecule has 2 amide bonds. The van der Waals surface area contributed by atoms with Gasteiger partial charge < -0.3 is 20.6 Å². The third-order valence-electron chi connectivity index (χ3n) is 7.29. The van der Waals surface area contributed by atoms with Gasteiger partial charge in [0.2, 0.25) is 5.91 Å². The van der Waals surface area contributed by atoms with Crippen molar-refractivity contribution in [2.45, 2.75) is 64.4 Å². The monoisotopic (exact) mass is 535 g/mol. The normalized spacial score (nSPS) is 14.7. The number of fused-ring (bicyclic) bond motifs is 1. The number of carbonyl (C=O) groups is 2. The minimum atomic E-state index is -1.24. The van der Waals surface area contributed by atoms with Gasteiger partial charge in [-0.25, -0.2) is 8.78 Å². The molecule has 1 heterocycles. The van der Waals surface area contributed by atoms with Crippen LogP contribution >= 0.6 is 0 Å². The van der Waals surface area contributed by atoms with Gasteiger partial charge in [-0.3, -0.25) is 9.59 Å². The van der Waals surface area contributed by atoms with Gasteiger partial charge in [-0.15, -0.1) is 0 Å². The minimum Gasteiger partial charge on any atom is -0.390 e. The summed E-state index contributed by atoms with van der Waals surface area (Å²) in [6.45, 7) is 6.30. The van der Waals surface area contributed by atoms with Gasteiger partial charge in [0.25, 0.3) is 5.91 Å². The van der Waals surface area contributed by atoms with E-state index in [2.05, 4.69) is 23.6 Å². The fourth-order valence-corrected chi connectivity index (χ4v) is 4.91. The molecule has 0 unspecified atom stereocenters. The van der Waals surface area contributed by atoms with E-state index in [-0.39, 0.29) is 25.4 Å². The standard InChI is InChI=1S/C31H35F2N3O3/c1-4-20-8-7-9-21(12-20)17-34-18-28(37)27(15-22-13-24(32)16-25(33)14-22)35-30(39)31(2,3)36-19-23-10-5-6-11-26(23)29(36)38/h5-14,16,27-28,34,37H,4,15,17-19H2,1-3H3,(H,35,39)/t27-,28-/m0/s1. The van der Waals surface area contributed by atoms with Gasteiger partial charge >= 0.3 is 0 Å². The third-order valence-corrected chi connectivity index (χ3v) is 7.29. The maximum Gasteiger partial charge on any atom is 0.255 e. The average Bonchev–Trinajstić information content (AvgIpc) is 3.25. The lowest BCUT2D eigenvalue weighted by Crippen LogP contribution is -2.59. The molecule has 3 N–H and O–H groups in total. The Morgan fingerprint density at radius 2 is 1.69 bits per heavy atom. The highest BCUT2D eigenvalue weighted by Crippen LogP contribution is 2.29. The van der Waals surface area contributed by atoms with Crippen molar-refractivity contribution >= 4 is 11.8 Å². The van der Waals surface area contributed by atoms with Gasteiger partial charge in [-0.2, -0.15) is 0 Å². The molecule has 0 radical (unpaired) electrons. The largest absolute Gasteiger partial charge is 0.390 e. The molecule has 0 saturated heterocycles. The molecule has 0 saturated carbocycles. The lowest BCUT2D eigenvalue weighted by atomic mass is 9.97. The first kappa shape index (κ1) is 28.4. The molecule has 39 heavy (non-hydrogen) atoms. The number of rotatable bonds is 11. The van der Waals surface area contributed by atoms with Crippen LogP contribution in [0.15, 0.2) is 66.7 Å². The number of carbonyl (C=O) groups excluding carboxylic acids is 2. The van der Waals surface area contributed by atoms with Crippen LogP contribution < -0.4 is 10.6 Å². The topological polar surface area (TPSA) is 81.7 Å². The molecule has 0 aromatic heterocycles. The molecule has 0 spiro atoms. The summed E-state index contributed by atoms with van der Waals surface area (Å²) < 4.78 is 27.8. The zero-order valence-electron chi connectivity index (χ0n) is 22.5. The van der Waals surface area contributed by atoms with Crippen LogP contribution in [-0.2, 0) is 30.7 Å². The number of nitrogens with one attached hydrogen (secondary N) is 2. The van der Waals surface area contributed by atoms with E-state index in [4.69, 9.17) is 0 Å². The fourth-order valence-electron chi connectivity index (χ4n) is 4.91. The number of hydrogen-bond donors (Lipinski definition) is 3. The Kier molecular flexibility index (Phi) is 8.77. The lowest BCUT2D eigenvalue weighted by Gasteiger charge is -2.36. The summed E-state index contributed by atoms with van der Waals surface area (Å²) in [7, 11) is 0. The Bertz CT molecular complexity index is 1320. The van der Waals surface area contributed by atoms with Crippen molar-refractivity contribution in [1.82, 2.24) is 15.5 Å². The Balaban J connectivity index is 1.49. The Hall–Kier alpha value is -3.62. The highest BCUT2D eigenvalue weighted by molar-refractivity contribution is 6.02. The summed E-state index contributed by atoms with van der Waals surface area (Å²) in [5.74, 6) is -2.19. The molecular formula is C31H35F2N3O3. The molecule has 1 aliphatic heterocycles. The number of aryl methyl sites for hydroxylation is 1. The summed E-state index contributed by atoms with van der Waals surface area (Å²) in [6, 6.07) is 17.6. The number of aliphatic hydroxyl groups excluding tert-OH is 1. The predicted octanol–water partition coefficient (Wildman–Crippen LogP) is 4.14. The van der Waals surface area contributed by atoms with Crippen LogP contribution in [0.5, 0.6) is 0 Å². The van der Waals surface area contributed by atoms with Crippen LogP contribution in [0.4, 0.5) is 8.78 Å². The van der Waals surface area contributed by atoms with Gasteiger partial charge in [0.15, 0.2) is 0 Å². The van der Waals surface area contributed by atoms with Crippen molar-refractivity contribution in [2.75, 3.05) is 6.54 Å². The summed E-state index contributed by atoms with van der Waals surface area (Å²) in [5.41, 5.74) is 2.72. The first-order valence-corrected chi connectivity index (χ1v) is 13.2. The van der Waals surface area contributed by atoms with E-state index in [1.54, 1.807) is 26.0 Å². The molecule has 0 aliphatic carbocycles. The minimum absolute atomic E-state index is 0.00115. The van der Waals surface area contributed by atoms with Crippen LogP contribution in [0.25, 0.3) is 0 Å². The SMILES string of the molecule is CCc1cccc(CNC[C@H](O)[C@H](Cc2cc(F)cc(F)c2)NC(=O)C(C)(C)N2Cc3ccccc3C2=O)c1. The van der Waals surface area contributed by atoms with E-state index in [0.29, 0.717) is 17.7 Å². The number of halogens is 2. The fraction of sp³-hybridized carbons (Fsp3) is 0.355. The van der Waals surface area contributed by atoms with Gasteiger partial charge in [-0.05, 0) is 67.1 Å². The number of benzene rings is 3. The zero-order chi connectivity index (χ0) is 28.2. The molecule has 8 heteroatoms. The Labute approximate surface area is 228 Å². The van der Waals surface area contributed by atoms with Crippen LogP contribution in [-0.4, -0.2) is 46.1 Å². The summed E-state index contributed by atoms with van der Waals surface area (Å²) in [4.78, 5) is 28.1. The molecule has 2 atom stereocenters. The van der Waals surface area contributed by atoms with E-state index < -0.39 is 35.2 Å². The lowest BCUT2D eigenvalue weighted by molar-refractivity contribution is -0.132. The maximum atomic E-state index is 13.9. The van der Waals surface area contributed by atoms with Crippen LogP contribution in [0, 0.1) is 11.6 Å². The molecule has 3 aromatic carbocycles. The average molecular weight is 536 g/mol. The van der Waals surface area contributed by atoms with Crippen molar-refractivity contribution in [3.05, 3.63) is 106 Å². The highest BCUT2D eigenvalue weighted by atomic mass is 19.1. The highest BCUT2D eigenvalue weighted by Gasteiger charge is 2.43. The van der Waals surface area contributed by atoms with Crippen molar-refractivity contribution in [3.8, 4) is 0 Å². The first-order valence-electron chi connectivity index (χ1n) is 13.2. The smallest absolute Gasteiger partial charge is 0.255 e. The second kappa shape index (κ2) is 12.1. The second-order valence-corrected chi connectivity index (χ2v) is 10.5. The molecular weight excluding hydrogens is 500 g/mol. The van der Waals surface area contributed by atoms with Gasteiger partial charge in [0.1, 0.15) is 17.2 Å². The Morgan fingerprint density at radius 1 is 1.00 bits per heavy atom. The van der Waals surface area contributed by atoms with Crippen molar-refractivity contribution in [1.29, 1.82) is 0 Å². The van der Waals surface area contributed by atoms with E-state index in [1.165, 1.54) is 22.6 Å².